The maximum atomic E-state index is 5.48. The van der Waals surface area contributed by atoms with Crippen LogP contribution in [0.3, 0.4) is 0 Å². The van der Waals surface area contributed by atoms with Crippen molar-refractivity contribution in [2.24, 2.45) is 10.9 Å². The van der Waals surface area contributed by atoms with Crippen molar-refractivity contribution in [3.05, 3.63) is 35.4 Å². The van der Waals surface area contributed by atoms with E-state index in [0.717, 1.165) is 45.4 Å². The average Bonchev–Trinajstić information content (AvgIpc) is 2.59. The average molecular weight is 460 g/mol. The second kappa shape index (κ2) is 11.7. The molecule has 1 aromatic carbocycles. The molecule has 1 fully saturated rings. The molecule has 1 aliphatic heterocycles. The summed E-state index contributed by atoms with van der Waals surface area (Å²) >= 11 is 0. The predicted octanol–water partition coefficient (Wildman–Crippen LogP) is 2.63. The number of nitrogens with zero attached hydrogens (tertiary/aromatic N) is 2. The quantitative estimate of drug-likeness (QED) is 0.390. The molecule has 0 amide bonds. The molecule has 142 valence electrons. The molecule has 1 atom stereocenters. The highest BCUT2D eigenvalue weighted by Crippen LogP contribution is 2.12. The van der Waals surface area contributed by atoms with Crippen LogP contribution in [0.1, 0.15) is 25.0 Å². The molecule has 0 bridgehead atoms. The van der Waals surface area contributed by atoms with Crippen molar-refractivity contribution in [3.8, 4) is 0 Å². The van der Waals surface area contributed by atoms with Gasteiger partial charge in [-0.25, -0.2) is 0 Å². The molecule has 1 unspecified atom stereocenters. The van der Waals surface area contributed by atoms with Crippen LogP contribution in [0.25, 0.3) is 0 Å². The van der Waals surface area contributed by atoms with E-state index in [1.54, 1.807) is 0 Å². The first-order chi connectivity index (χ1) is 11.6. The maximum absolute atomic E-state index is 5.48. The molecule has 0 spiro atoms. The van der Waals surface area contributed by atoms with Gasteiger partial charge < -0.3 is 15.4 Å². The summed E-state index contributed by atoms with van der Waals surface area (Å²) in [5, 5.41) is 6.91. The van der Waals surface area contributed by atoms with Crippen LogP contribution in [0.5, 0.6) is 0 Å². The molecule has 0 aliphatic carbocycles. The normalized spacial score (nSPS) is 17.1. The number of hydrogen-bond donors (Lipinski definition) is 2. The van der Waals surface area contributed by atoms with E-state index in [1.165, 1.54) is 11.1 Å². The minimum Gasteiger partial charge on any atom is -0.379 e. The van der Waals surface area contributed by atoms with E-state index in [-0.39, 0.29) is 24.0 Å². The van der Waals surface area contributed by atoms with Gasteiger partial charge in [0.1, 0.15) is 0 Å². The fraction of sp³-hybridized carbons (Fsp3) is 0.632. The Hall–Kier alpha value is -0.860. The molecule has 0 radical (unpaired) electrons. The van der Waals surface area contributed by atoms with Crippen molar-refractivity contribution in [3.63, 3.8) is 0 Å². The number of aryl methyl sites for hydroxylation is 1. The number of halogens is 1. The van der Waals surface area contributed by atoms with E-state index in [9.17, 15) is 0 Å². The lowest BCUT2D eigenvalue weighted by Crippen LogP contribution is -2.52. The Bertz CT molecular complexity index is 530. The van der Waals surface area contributed by atoms with E-state index in [0.29, 0.717) is 12.0 Å². The van der Waals surface area contributed by atoms with Crippen molar-refractivity contribution < 1.29 is 4.74 Å². The zero-order valence-electron chi connectivity index (χ0n) is 15.9. The Kier molecular flexibility index (Phi) is 10.4. The Morgan fingerprint density at radius 1 is 1.20 bits per heavy atom. The third-order valence-electron chi connectivity index (χ3n) is 4.69. The van der Waals surface area contributed by atoms with E-state index in [1.807, 2.05) is 7.05 Å². The lowest BCUT2D eigenvalue weighted by Gasteiger charge is -2.37. The number of rotatable bonds is 6. The molecule has 25 heavy (non-hydrogen) atoms. The molecule has 2 rings (SSSR count). The largest absolute Gasteiger partial charge is 0.379 e. The number of guanidine groups is 1. The number of morpholine rings is 1. The number of nitrogens with one attached hydrogen (secondary N) is 2. The fourth-order valence-corrected chi connectivity index (χ4v) is 3.10. The van der Waals surface area contributed by atoms with Crippen LogP contribution in [-0.2, 0) is 11.3 Å². The van der Waals surface area contributed by atoms with Gasteiger partial charge in [-0.2, -0.15) is 0 Å². The van der Waals surface area contributed by atoms with Gasteiger partial charge in [0.05, 0.1) is 13.2 Å². The molecule has 5 nitrogen and oxygen atoms in total. The third-order valence-corrected chi connectivity index (χ3v) is 4.69. The number of hydrogen-bond acceptors (Lipinski definition) is 3. The molecule has 1 aromatic rings. The summed E-state index contributed by atoms with van der Waals surface area (Å²) in [5.74, 6) is 1.45. The smallest absolute Gasteiger partial charge is 0.191 e. The molecular weight excluding hydrogens is 427 g/mol. The molecule has 1 aliphatic rings. The summed E-state index contributed by atoms with van der Waals surface area (Å²) in [6.45, 7) is 12.1. The van der Waals surface area contributed by atoms with Crippen molar-refractivity contribution in [2.45, 2.75) is 33.4 Å². The van der Waals surface area contributed by atoms with E-state index in [2.05, 4.69) is 65.6 Å². The summed E-state index contributed by atoms with van der Waals surface area (Å²) in [5.41, 5.74) is 2.60. The topological polar surface area (TPSA) is 48.9 Å². The van der Waals surface area contributed by atoms with Crippen LogP contribution in [-0.4, -0.2) is 56.8 Å². The fourth-order valence-electron chi connectivity index (χ4n) is 3.10. The summed E-state index contributed by atoms with van der Waals surface area (Å²) in [4.78, 5) is 6.88. The first-order valence-electron chi connectivity index (χ1n) is 8.92. The minimum atomic E-state index is 0. The SMILES string of the molecule is CN=C(NCc1ccccc1C)NCC(C(C)C)N1CCOCC1.I. The molecule has 1 heterocycles. The summed E-state index contributed by atoms with van der Waals surface area (Å²) < 4.78 is 5.48. The Labute approximate surface area is 169 Å². The highest BCUT2D eigenvalue weighted by atomic mass is 127. The van der Waals surface area contributed by atoms with Crippen molar-refractivity contribution in [2.75, 3.05) is 39.9 Å². The highest BCUT2D eigenvalue weighted by molar-refractivity contribution is 14.0. The van der Waals surface area contributed by atoms with Crippen molar-refractivity contribution in [1.82, 2.24) is 15.5 Å². The van der Waals surface area contributed by atoms with Gasteiger partial charge in [0, 0.05) is 39.3 Å². The van der Waals surface area contributed by atoms with Gasteiger partial charge in [0.15, 0.2) is 5.96 Å². The van der Waals surface area contributed by atoms with E-state index in [4.69, 9.17) is 4.74 Å². The van der Waals surface area contributed by atoms with Crippen LogP contribution in [0.15, 0.2) is 29.3 Å². The van der Waals surface area contributed by atoms with Gasteiger partial charge in [-0.3, -0.25) is 9.89 Å². The van der Waals surface area contributed by atoms with Gasteiger partial charge in [0.25, 0.3) is 0 Å². The number of benzene rings is 1. The monoisotopic (exact) mass is 460 g/mol. The number of ether oxygens (including phenoxy) is 1. The van der Waals surface area contributed by atoms with Crippen LogP contribution in [0.2, 0.25) is 0 Å². The lowest BCUT2D eigenvalue weighted by atomic mass is 10.0. The molecule has 2 N–H and O–H groups in total. The highest BCUT2D eigenvalue weighted by Gasteiger charge is 2.23. The summed E-state index contributed by atoms with van der Waals surface area (Å²) in [6, 6.07) is 8.93. The van der Waals surface area contributed by atoms with Gasteiger partial charge in [0.2, 0.25) is 0 Å². The van der Waals surface area contributed by atoms with Crippen LogP contribution in [0, 0.1) is 12.8 Å². The molecular formula is C19H33IN4O. The van der Waals surface area contributed by atoms with Crippen LogP contribution in [0.4, 0.5) is 0 Å². The third kappa shape index (κ3) is 7.11. The van der Waals surface area contributed by atoms with Crippen LogP contribution < -0.4 is 10.6 Å². The first-order valence-corrected chi connectivity index (χ1v) is 8.92. The standard InChI is InChI=1S/C19H32N4O.HI/c1-15(2)18(23-9-11-24-12-10-23)14-22-19(20-4)21-13-17-8-6-5-7-16(17)3;/h5-8,15,18H,9-14H2,1-4H3,(H2,20,21,22);1H. The Morgan fingerprint density at radius 2 is 1.88 bits per heavy atom. The zero-order chi connectivity index (χ0) is 17.4. The van der Waals surface area contributed by atoms with Crippen molar-refractivity contribution >= 4 is 29.9 Å². The molecule has 6 heteroatoms. The Morgan fingerprint density at radius 3 is 2.48 bits per heavy atom. The zero-order valence-corrected chi connectivity index (χ0v) is 18.2. The molecule has 0 aromatic heterocycles. The van der Waals surface area contributed by atoms with E-state index < -0.39 is 0 Å². The summed E-state index contributed by atoms with van der Waals surface area (Å²) in [7, 11) is 1.83. The number of aliphatic imine (C=N–C) groups is 1. The second-order valence-electron chi connectivity index (χ2n) is 6.69. The predicted molar refractivity (Wildman–Crippen MR) is 116 cm³/mol. The van der Waals surface area contributed by atoms with Crippen molar-refractivity contribution in [1.29, 1.82) is 0 Å². The molecule has 1 saturated heterocycles. The minimum absolute atomic E-state index is 0. The van der Waals surface area contributed by atoms with Gasteiger partial charge in [-0.1, -0.05) is 38.1 Å². The van der Waals surface area contributed by atoms with E-state index >= 15 is 0 Å². The van der Waals surface area contributed by atoms with Gasteiger partial charge in [-0.15, -0.1) is 24.0 Å². The maximum Gasteiger partial charge on any atom is 0.191 e. The lowest BCUT2D eigenvalue weighted by molar-refractivity contribution is 0.00752. The summed E-state index contributed by atoms with van der Waals surface area (Å²) in [6.07, 6.45) is 0. The molecule has 0 saturated carbocycles. The van der Waals surface area contributed by atoms with Gasteiger partial charge >= 0.3 is 0 Å². The van der Waals surface area contributed by atoms with Crippen LogP contribution >= 0.6 is 24.0 Å². The Balaban J connectivity index is 0.00000312. The second-order valence-corrected chi connectivity index (χ2v) is 6.69. The van der Waals surface area contributed by atoms with Gasteiger partial charge in [-0.05, 0) is 24.0 Å². The first kappa shape index (κ1) is 22.2.